The number of hydrogen-bond donors (Lipinski definition) is 1. The largest absolute Gasteiger partial charge is 0.289 e. The maximum Gasteiger partial charge on any atom is 0.157 e. The van der Waals surface area contributed by atoms with E-state index in [9.17, 15) is 0 Å². The summed E-state index contributed by atoms with van der Waals surface area (Å²) < 4.78 is 1.70. The van der Waals surface area contributed by atoms with E-state index in [1.807, 2.05) is 0 Å². The average molecular weight is 219 g/mol. The summed E-state index contributed by atoms with van der Waals surface area (Å²) in [5.41, 5.74) is 0.633. The van der Waals surface area contributed by atoms with Crippen molar-refractivity contribution in [1.29, 1.82) is 0 Å². The molecule has 0 aliphatic carbocycles. The lowest BCUT2D eigenvalue weighted by Crippen LogP contribution is -1.85. The predicted molar refractivity (Wildman–Crippen MR) is 52.5 cm³/mol. The molecule has 0 radical (unpaired) electrons. The molecular weight excluding hydrogens is 215 g/mol. The van der Waals surface area contributed by atoms with Gasteiger partial charge in [0.1, 0.15) is 5.15 Å². The van der Waals surface area contributed by atoms with Gasteiger partial charge < -0.3 is 0 Å². The number of nitrogens with zero attached hydrogens (tertiary/aromatic N) is 2. The van der Waals surface area contributed by atoms with Gasteiger partial charge in [-0.25, -0.2) is 4.98 Å². The minimum atomic E-state index is 0.521. The van der Waals surface area contributed by atoms with Gasteiger partial charge in [0.05, 0.1) is 11.2 Å². The van der Waals surface area contributed by atoms with Crippen LogP contribution in [0, 0.1) is 0 Å². The molecule has 0 bridgehead atoms. The Morgan fingerprint density at radius 1 is 1.42 bits per heavy atom. The fourth-order valence-electron chi connectivity index (χ4n) is 0.977. The summed E-state index contributed by atoms with van der Waals surface area (Å²) in [7, 11) is 0. The number of aromatic nitrogens is 2. The first-order valence-corrected chi connectivity index (χ1v) is 4.40. The van der Waals surface area contributed by atoms with Gasteiger partial charge in [-0.05, 0) is 6.07 Å². The van der Waals surface area contributed by atoms with Crippen molar-refractivity contribution < 1.29 is 0 Å². The van der Waals surface area contributed by atoms with E-state index in [-0.39, 0.29) is 0 Å². The highest BCUT2D eigenvalue weighted by Crippen LogP contribution is 2.25. The Balaban J connectivity index is 2.93. The molecule has 5 heteroatoms. The van der Waals surface area contributed by atoms with Crippen LogP contribution in [0.1, 0.15) is 0 Å². The lowest BCUT2D eigenvalue weighted by molar-refractivity contribution is 1.16. The molecule has 0 amide bonds. The Kier molecular flexibility index (Phi) is 1.94. The Morgan fingerprint density at radius 2 is 2.17 bits per heavy atom. The maximum atomic E-state index is 5.92. The van der Waals surface area contributed by atoms with Gasteiger partial charge in [0.2, 0.25) is 0 Å². The van der Waals surface area contributed by atoms with E-state index in [1.54, 1.807) is 22.9 Å². The molecule has 2 aromatic rings. The monoisotopic (exact) mass is 218 g/mol. The summed E-state index contributed by atoms with van der Waals surface area (Å²) in [5.74, 6) is 0. The molecule has 62 valence electrons. The molecule has 12 heavy (non-hydrogen) atoms. The standard InChI is InChI=1S/C7H4Cl2N2S/c8-5-3-10-7-6(9)4(12)1-2-11(5)7/h1-3,12H. The van der Waals surface area contributed by atoms with E-state index in [0.29, 0.717) is 20.7 Å². The summed E-state index contributed by atoms with van der Waals surface area (Å²) >= 11 is 15.9. The van der Waals surface area contributed by atoms with Crippen LogP contribution < -0.4 is 0 Å². The summed E-state index contributed by atoms with van der Waals surface area (Å²) in [6.45, 7) is 0. The molecule has 0 aliphatic rings. The third kappa shape index (κ3) is 1.09. The highest BCUT2D eigenvalue weighted by molar-refractivity contribution is 7.80. The van der Waals surface area contributed by atoms with Crippen LogP contribution >= 0.6 is 35.8 Å². The SMILES string of the molecule is Sc1ccn2c(Cl)cnc2c1Cl. The molecule has 2 heterocycles. The minimum absolute atomic E-state index is 0.521. The Hall–Kier alpha value is -0.380. The van der Waals surface area contributed by atoms with Gasteiger partial charge in [-0.2, -0.15) is 0 Å². The van der Waals surface area contributed by atoms with Gasteiger partial charge in [-0.15, -0.1) is 12.6 Å². The first-order valence-electron chi connectivity index (χ1n) is 3.20. The van der Waals surface area contributed by atoms with Crippen LogP contribution in [0.3, 0.4) is 0 Å². The van der Waals surface area contributed by atoms with E-state index in [2.05, 4.69) is 17.6 Å². The van der Waals surface area contributed by atoms with E-state index < -0.39 is 0 Å². The molecule has 0 fully saturated rings. The number of rotatable bonds is 0. The van der Waals surface area contributed by atoms with Gasteiger partial charge in [0.25, 0.3) is 0 Å². The number of pyridine rings is 1. The quantitative estimate of drug-likeness (QED) is 0.674. The second-order valence-corrected chi connectivity index (χ2v) is 3.54. The van der Waals surface area contributed by atoms with Crippen LogP contribution in [0.15, 0.2) is 23.4 Å². The fourth-order valence-corrected chi connectivity index (χ4v) is 1.53. The zero-order chi connectivity index (χ0) is 8.72. The molecule has 0 unspecified atom stereocenters. The van der Waals surface area contributed by atoms with E-state index in [4.69, 9.17) is 23.2 Å². The van der Waals surface area contributed by atoms with Gasteiger partial charge in [0, 0.05) is 11.1 Å². The van der Waals surface area contributed by atoms with Gasteiger partial charge in [-0.1, -0.05) is 23.2 Å². The molecule has 0 saturated heterocycles. The van der Waals surface area contributed by atoms with Crippen molar-refractivity contribution in [3.8, 4) is 0 Å². The van der Waals surface area contributed by atoms with Crippen molar-refractivity contribution in [2.24, 2.45) is 0 Å². The van der Waals surface area contributed by atoms with E-state index >= 15 is 0 Å². The van der Waals surface area contributed by atoms with Crippen LogP contribution in [0.5, 0.6) is 0 Å². The maximum absolute atomic E-state index is 5.92. The molecule has 0 N–H and O–H groups in total. The van der Waals surface area contributed by atoms with E-state index in [0.717, 1.165) is 0 Å². The smallest absolute Gasteiger partial charge is 0.157 e. The van der Waals surface area contributed by atoms with Crippen molar-refractivity contribution in [1.82, 2.24) is 9.38 Å². The number of fused-ring (bicyclic) bond motifs is 1. The van der Waals surface area contributed by atoms with Gasteiger partial charge >= 0.3 is 0 Å². The van der Waals surface area contributed by atoms with Crippen molar-refractivity contribution in [2.45, 2.75) is 4.90 Å². The first kappa shape index (κ1) is 8.23. The number of hydrogen-bond acceptors (Lipinski definition) is 2. The Labute approximate surface area is 84.5 Å². The topological polar surface area (TPSA) is 17.3 Å². The molecule has 0 spiro atoms. The third-order valence-corrected chi connectivity index (χ3v) is 2.71. The minimum Gasteiger partial charge on any atom is -0.289 e. The molecule has 2 aromatic heterocycles. The summed E-state index contributed by atoms with van der Waals surface area (Å²) in [4.78, 5) is 4.73. The first-order chi connectivity index (χ1) is 5.70. The van der Waals surface area contributed by atoms with Crippen LogP contribution in [-0.2, 0) is 0 Å². The van der Waals surface area contributed by atoms with Crippen LogP contribution in [-0.4, -0.2) is 9.38 Å². The summed E-state index contributed by atoms with van der Waals surface area (Å²) in [6.07, 6.45) is 3.33. The van der Waals surface area contributed by atoms with Gasteiger partial charge in [0.15, 0.2) is 5.65 Å². The molecular formula is C7H4Cl2N2S. The number of thiol groups is 1. The number of imidazole rings is 1. The number of halogens is 2. The lowest BCUT2D eigenvalue weighted by Gasteiger charge is -1.98. The van der Waals surface area contributed by atoms with Crippen LogP contribution in [0.25, 0.3) is 5.65 Å². The summed E-state index contributed by atoms with van der Waals surface area (Å²) in [6, 6.07) is 1.77. The van der Waals surface area contributed by atoms with Crippen molar-refractivity contribution in [3.05, 3.63) is 28.6 Å². The van der Waals surface area contributed by atoms with Crippen LogP contribution in [0.4, 0.5) is 0 Å². The zero-order valence-electron chi connectivity index (χ0n) is 5.83. The molecule has 2 nitrogen and oxygen atoms in total. The Bertz CT molecular complexity index is 438. The van der Waals surface area contributed by atoms with E-state index in [1.165, 1.54) is 0 Å². The summed E-state index contributed by atoms with van der Waals surface area (Å²) in [5, 5.41) is 1.06. The molecule has 0 aliphatic heterocycles. The highest BCUT2D eigenvalue weighted by Gasteiger charge is 2.06. The molecule has 2 rings (SSSR count). The normalized spacial score (nSPS) is 10.9. The van der Waals surface area contributed by atoms with Crippen molar-refractivity contribution in [3.63, 3.8) is 0 Å². The average Bonchev–Trinajstić information content (AvgIpc) is 2.41. The lowest BCUT2D eigenvalue weighted by atomic mass is 10.5. The van der Waals surface area contributed by atoms with Crippen molar-refractivity contribution in [2.75, 3.05) is 0 Å². The fraction of sp³-hybridized carbons (Fsp3) is 0. The molecule has 0 aromatic carbocycles. The molecule has 0 atom stereocenters. The Morgan fingerprint density at radius 3 is 2.92 bits per heavy atom. The van der Waals surface area contributed by atoms with Gasteiger partial charge in [-0.3, -0.25) is 4.40 Å². The predicted octanol–water partition coefficient (Wildman–Crippen LogP) is 2.93. The van der Waals surface area contributed by atoms with Crippen molar-refractivity contribution >= 4 is 41.5 Å². The second kappa shape index (κ2) is 2.83. The molecule has 0 saturated carbocycles. The highest BCUT2D eigenvalue weighted by atomic mass is 35.5. The third-order valence-electron chi connectivity index (χ3n) is 1.55. The van der Waals surface area contributed by atoms with Crippen LogP contribution in [0.2, 0.25) is 10.2 Å². The zero-order valence-corrected chi connectivity index (χ0v) is 8.24. The second-order valence-electron chi connectivity index (χ2n) is 2.29.